The summed E-state index contributed by atoms with van der Waals surface area (Å²) in [5, 5.41) is 0.396. The zero-order valence-corrected chi connectivity index (χ0v) is 10.3. The lowest BCUT2D eigenvalue weighted by atomic mass is 9.92. The molecular formula is C10H21NO2S. The Kier molecular flexibility index (Phi) is 6.20. The Labute approximate surface area is 90.8 Å². The molecule has 14 heavy (non-hydrogen) atoms. The van der Waals surface area contributed by atoms with Gasteiger partial charge in [-0.15, -0.1) is 0 Å². The van der Waals surface area contributed by atoms with Crippen LogP contribution < -0.4 is 5.73 Å². The maximum atomic E-state index is 10.9. The Morgan fingerprint density at radius 2 is 2.07 bits per heavy atom. The van der Waals surface area contributed by atoms with Crippen LogP contribution in [0.25, 0.3) is 0 Å². The third kappa shape index (κ3) is 5.50. The second kappa shape index (κ2) is 6.30. The fourth-order valence-corrected chi connectivity index (χ4v) is 2.26. The number of ether oxygens (including phenoxy) is 1. The van der Waals surface area contributed by atoms with Crippen molar-refractivity contribution >= 4 is 17.7 Å². The van der Waals surface area contributed by atoms with Gasteiger partial charge in [-0.25, -0.2) is 0 Å². The summed E-state index contributed by atoms with van der Waals surface area (Å²) >= 11 is 1.75. The molecule has 0 aliphatic carbocycles. The largest absolute Gasteiger partial charge is 0.469 e. The molecule has 0 aromatic heterocycles. The predicted molar refractivity (Wildman–Crippen MR) is 61.4 cm³/mol. The standard InChI is InChI=1S/C10H21NO2S/c1-10(2,3)8(7-11)14-6-5-9(12)13-4/h8H,5-7,11H2,1-4H3. The lowest BCUT2D eigenvalue weighted by Crippen LogP contribution is -2.31. The third-order valence-electron chi connectivity index (χ3n) is 2.03. The maximum Gasteiger partial charge on any atom is 0.306 e. The number of thioether (sulfide) groups is 1. The van der Waals surface area contributed by atoms with Gasteiger partial charge in [-0.2, -0.15) is 11.8 Å². The van der Waals surface area contributed by atoms with Crippen molar-refractivity contribution in [1.29, 1.82) is 0 Å². The molecule has 0 radical (unpaired) electrons. The first kappa shape index (κ1) is 13.8. The van der Waals surface area contributed by atoms with E-state index in [9.17, 15) is 4.79 Å². The van der Waals surface area contributed by atoms with Crippen LogP contribution in [0.15, 0.2) is 0 Å². The lowest BCUT2D eigenvalue weighted by Gasteiger charge is -2.28. The average Bonchev–Trinajstić information content (AvgIpc) is 2.09. The van der Waals surface area contributed by atoms with Gasteiger partial charge in [-0.3, -0.25) is 4.79 Å². The van der Waals surface area contributed by atoms with Gasteiger partial charge in [-0.05, 0) is 5.41 Å². The van der Waals surface area contributed by atoms with Gasteiger partial charge >= 0.3 is 5.97 Å². The monoisotopic (exact) mass is 219 g/mol. The van der Waals surface area contributed by atoms with Gasteiger partial charge in [0.15, 0.2) is 0 Å². The molecule has 0 heterocycles. The van der Waals surface area contributed by atoms with E-state index in [0.29, 0.717) is 18.2 Å². The highest BCUT2D eigenvalue weighted by atomic mass is 32.2. The van der Waals surface area contributed by atoms with Gasteiger partial charge in [-0.1, -0.05) is 20.8 Å². The summed E-state index contributed by atoms with van der Waals surface area (Å²) in [4.78, 5) is 10.9. The number of hydrogen-bond acceptors (Lipinski definition) is 4. The molecule has 0 aliphatic heterocycles. The molecule has 0 bridgehead atoms. The topological polar surface area (TPSA) is 52.3 Å². The summed E-state index contributed by atoms with van der Waals surface area (Å²) in [7, 11) is 1.41. The normalized spacial score (nSPS) is 13.8. The lowest BCUT2D eigenvalue weighted by molar-refractivity contribution is -0.140. The Morgan fingerprint density at radius 1 is 1.50 bits per heavy atom. The Bertz CT molecular complexity index is 177. The van der Waals surface area contributed by atoms with E-state index in [1.165, 1.54) is 7.11 Å². The van der Waals surface area contributed by atoms with E-state index in [4.69, 9.17) is 5.73 Å². The molecule has 0 amide bonds. The summed E-state index contributed by atoms with van der Waals surface area (Å²) in [5.41, 5.74) is 5.86. The van der Waals surface area contributed by atoms with Crippen LogP contribution in [-0.4, -0.2) is 30.6 Å². The second-order valence-electron chi connectivity index (χ2n) is 4.29. The number of hydrogen-bond donors (Lipinski definition) is 1. The molecule has 0 saturated heterocycles. The number of methoxy groups -OCH3 is 1. The van der Waals surface area contributed by atoms with Crippen molar-refractivity contribution in [2.24, 2.45) is 11.1 Å². The minimum Gasteiger partial charge on any atom is -0.469 e. The van der Waals surface area contributed by atoms with E-state index in [0.717, 1.165) is 5.75 Å². The smallest absolute Gasteiger partial charge is 0.306 e. The highest BCUT2D eigenvalue weighted by molar-refractivity contribution is 8.00. The van der Waals surface area contributed by atoms with Gasteiger partial charge in [0.25, 0.3) is 0 Å². The fourth-order valence-electron chi connectivity index (χ4n) is 1.06. The minimum absolute atomic E-state index is 0.151. The van der Waals surface area contributed by atoms with Crippen molar-refractivity contribution in [2.45, 2.75) is 32.4 Å². The van der Waals surface area contributed by atoms with Crippen molar-refractivity contribution < 1.29 is 9.53 Å². The Balaban J connectivity index is 3.80. The van der Waals surface area contributed by atoms with Crippen molar-refractivity contribution in [2.75, 3.05) is 19.4 Å². The first-order valence-electron chi connectivity index (χ1n) is 4.80. The first-order valence-corrected chi connectivity index (χ1v) is 5.85. The van der Waals surface area contributed by atoms with Crippen LogP contribution in [0.4, 0.5) is 0 Å². The second-order valence-corrected chi connectivity index (χ2v) is 5.60. The average molecular weight is 219 g/mol. The van der Waals surface area contributed by atoms with Crippen molar-refractivity contribution in [3.63, 3.8) is 0 Å². The van der Waals surface area contributed by atoms with Crippen LogP contribution >= 0.6 is 11.8 Å². The van der Waals surface area contributed by atoms with Crippen LogP contribution in [0.1, 0.15) is 27.2 Å². The van der Waals surface area contributed by atoms with Crippen LogP contribution in [0.2, 0.25) is 0 Å². The van der Waals surface area contributed by atoms with Crippen LogP contribution in [0, 0.1) is 5.41 Å². The Hall–Kier alpha value is -0.220. The first-order chi connectivity index (χ1) is 6.41. The van der Waals surface area contributed by atoms with E-state index in [-0.39, 0.29) is 11.4 Å². The maximum absolute atomic E-state index is 10.9. The number of nitrogens with two attached hydrogens (primary N) is 1. The highest BCUT2D eigenvalue weighted by Crippen LogP contribution is 2.29. The summed E-state index contributed by atoms with van der Waals surface area (Å²) < 4.78 is 4.57. The highest BCUT2D eigenvalue weighted by Gasteiger charge is 2.23. The van der Waals surface area contributed by atoms with Gasteiger partial charge in [0, 0.05) is 17.5 Å². The molecule has 0 spiro atoms. The zero-order valence-electron chi connectivity index (χ0n) is 9.50. The number of rotatable bonds is 5. The third-order valence-corrected chi connectivity index (χ3v) is 3.77. The molecule has 0 aromatic carbocycles. The fraction of sp³-hybridized carbons (Fsp3) is 0.900. The summed E-state index contributed by atoms with van der Waals surface area (Å²) in [6, 6.07) is 0. The van der Waals surface area contributed by atoms with Crippen LogP contribution in [-0.2, 0) is 9.53 Å². The quantitative estimate of drug-likeness (QED) is 0.714. The molecule has 1 unspecified atom stereocenters. The molecule has 0 fully saturated rings. The van der Waals surface area contributed by atoms with Crippen molar-refractivity contribution in [3.8, 4) is 0 Å². The summed E-state index contributed by atoms with van der Waals surface area (Å²) in [6.45, 7) is 7.14. The molecule has 2 N–H and O–H groups in total. The van der Waals surface area contributed by atoms with Crippen molar-refractivity contribution in [1.82, 2.24) is 0 Å². The molecule has 1 atom stereocenters. The molecule has 0 rings (SSSR count). The van der Waals surface area contributed by atoms with Gasteiger partial charge in [0.2, 0.25) is 0 Å². The molecule has 0 aliphatic rings. The SMILES string of the molecule is COC(=O)CCSC(CN)C(C)(C)C. The number of esters is 1. The van der Waals surface area contributed by atoms with E-state index >= 15 is 0 Å². The van der Waals surface area contributed by atoms with E-state index in [2.05, 4.69) is 25.5 Å². The minimum atomic E-state index is -0.151. The summed E-state index contributed by atoms with van der Waals surface area (Å²) in [6.07, 6.45) is 0.466. The van der Waals surface area contributed by atoms with E-state index in [1.54, 1.807) is 11.8 Å². The zero-order chi connectivity index (χ0) is 11.2. The van der Waals surface area contributed by atoms with Gasteiger partial charge in [0.1, 0.15) is 0 Å². The molecule has 4 heteroatoms. The van der Waals surface area contributed by atoms with Crippen molar-refractivity contribution in [3.05, 3.63) is 0 Å². The Morgan fingerprint density at radius 3 is 2.43 bits per heavy atom. The molecule has 0 aromatic rings. The predicted octanol–water partition coefficient (Wildman–Crippen LogP) is 1.66. The molecular weight excluding hydrogens is 198 g/mol. The number of carbonyl (C=O) groups excluding carboxylic acids is 1. The van der Waals surface area contributed by atoms with E-state index in [1.807, 2.05) is 0 Å². The molecule has 84 valence electrons. The van der Waals surface area contributed by atoms with Gasteiger partial charge < -0.3 is 10.5 Å². The van der Waals surface area contributed by atoms with Crippen LogP contribution in [0.3, 0.4) is 0 Å². The molecule has 3 nitrogen and oxygen atoms in total. The van der Waals surface area contributed by atoms with Crippen LogP contribution in [0.5, 0.6) is 0 Å². The summed E-state index contributed by atoms with van der Waals surface area (Å²) in [5.74, 6) is 0.633. The number of carbonyl (C=O) groups is 1. The molecule has 0 saturated carbocycles. The van der Waals surface area contributed by atoms with E-state index < -0.39 is 0 Å². The van der Waals surface area contributed by atoms with Gasteiger partial charge in [0.05, 0.1) is 13.5 Å².